The van der Waals surface area contributed by atoms with Crippen LogP contribution < -0.4 is 0 Å². The number of aliphatic hydroxyl groups excluding tert-OH is 1. The van der Waals surface area contributed by atoms with Gasteiger partial charge >= 0.3 is 0 Å². The number of rotatable bonds is 6. The molecule has 15 heavy (non-hydrogen) atoms. The number of hydrogen-bond donors (Lipinski definition) is 1. The van der Waals surface area contributed by atoms with Gasteiger partial charge in [0.25, 0.3) is 0 Å². The molecule has 2 nitrogen and oxygen atoms in total. The lowest BCUT2D eigenvalue weighted by Crippen LogP contribution is -2.04. The number of aliphatic hydroxyl groups is 1. The molecule has 1 N–H and O–H groups in total. The molecule has 0 amide bonds. The first-order valence-corrected chi connectivity index (χ1v) is 6.87. The van der Waals surface area contributed by atoms with Crippen LogP contribution in [0.1, 0.15) is 31.9 Å². The highest BCUT2D eigenvalue weighted by Crippen LogP contribution is 2.21. The van der Waals surface area contributed by atoms with E-state index in [0.29, 0.717) is 0 Å². The van der Waals surface area contributed by atoms with Gasteiger partial charge in [0.1, 0.15) is 0 Å². The fourth-order valence-electron chi connectivity index (χ4n) is 1.55. The van der Waals surface area contributed by atoms with Crippen LogP contribution in [0.15, 0.2) is 18.5 Å². The van der Waals surface area contributed by atoms with Crippen molar-refractivity contribution in [2.24, 2.45) is 5.92 Å². The zero-order chi connectivity index (χ0) is 11.3. The maximum Gasteiger partial charge on any atom is 0.0827 e. The van der Waals surface area contributed by atoms with Crippen molar-refractivity contribution < 1.29 is 5.11 Å². The predicted molar refractivity (Wildman–Crippen MR) is 67.2 cm³/mol. The first-order chi connectivity index (χ1) is 7.15. The summed E-state index contributed by atoms with van der Waals surface area (Å²) < 4.78 is 2.16. The second-order valence-electron chi connectivity index (χ2n) is 4.22. The second-order valence-corrected chi connectivity index (χ2v) is 5.20. The largest absolute Gasteiger partial charge is 0.388 e. The Hall–Kier alpha value is -0.410. The number of thioether (sulfide) groups is 1. The molecule has 0 fully saturated rings. The standard InChI is InChI=1S/C12H21NOS/c1-10(2)12(14)11-5-7-13(9-11)6-4-8-15-3/h5,7,9-10,12,14H,4,6,8H2,1-3H3. The topological polar surface area (TPSA) is 25.2 Å². The Morgan fingerprint density at radius 3 is 2.80 bits per heavy atom. The fourth-order valence-corrected chi connectivity index (χ4v) is 1.97. The van der Waals surface area contributed by atoms with E-state index in [0.717, 1.165) is 12.1 Å². The van der Waals surface area contributed by atoms with Crippen molar-refractivity contribution in [3.8, 4) is 0 Å². The highest BCUT2D eigenvalue weighted by molar-refractivity contribution is 7.98. The number of aromatic nitrogens is 1. The summed E-state index contributed by atoms with van der Waals surface area (Å²) in [7, 11) is 0. The van der Waals surface area contributed by atoms with Gasteiger partial charge in [-0.1, -0.05) is 13.8 Å². The van der Waals surface area contributed by atoms with Crippen LogP contribution in [0, 0.1) is 5.92 Å². The van der Waals surface area contributed by atoms with E-state index in [4.69, 9.17) is 0 Å². The summed E-state index contributed by atoms with van der Waals surface area (Å²) in [5.41, 5.74) is 1.04. The first-order valence-electron chi connectivity index (χ1n) is 5.48. The maximum absolute atomic E-state index is 9.87. The van der Waals surface area contributed by atoms with Crippen LogP contribution in [0.2, 0.25) is 0 Å². The minimum absolute atomic E-state index is 0.284. The van der Waals surface area contributed by atoms with Crippen LogP contribution in [0.3, 0.4) is 0 Å². The monoisotopic (exact) mass is 227 g/mol. The lowest BCUT2D eigenvalue weighted by Gasteiger charge is -2.12. The lowest BCUT2D eigenvalue weighted by atomic mass is 10.0. The van der Waals surface area contributed by atoms with Gasteiger partial charge in [-0.2, -0.15) is 11.8 Å². The Bertz CT molecular complexity index is 283. The van der Waals surface area contributed by atoms with Gasteiger partial charge in [0, 0.05) is 18.9 Å². The average Bonchev–Trinajstić information content (AvgIpc) is 2.65. The Morgan fingerprint density at radius 1 is 1.47 bits per heavy atom. The molecule has 1 unspecified atom stereocenters. The van der Waals surface area contributed by atoms with Crippen LogP contribution in [0.4, 0.5) is 0 Å². The predicted octanol–water partition coefficient (Wildman–Crippen LogP) is 2.93. The molecule has 86 valence electrons. The molecule has 0 bridgehead atoms. The summed E-state index contributed by atoms with van der Waals surface area (Å²) >= 11 is 1.88. The van der Waals surface area contributed by atoms with Crippen molar-refractivity contribution in [1.29, 1.82) is 0 Å². The van der Waals surface area contributed by atoms with E-state index in [1.54, 1.807) is 0 Å². The SMILES string of the molecule is CSCCCn1ccc(C(O)C(C)C)c1. The average molecular weight is 227 g/mol. The van der Waals surface area contributed by atoms with Gasteiger partial charge in [-0.05, 0) is 36.0 Å². The Labute approximate surface area is 96.7 Å². The van der Waals surface area contributed by atoms with Crippen molar-refractivity contribution in [2.45, 2.75) is 32.9 Å². The molecule has 0 spiro atoms. The molecule has 1 atom stereocenters. The summed E-state index contributed by atoms with van der Waals surface area (Å²) in [6.07, 6.45) is 7.11. The van der Waals surface area contributed by atoms with Crippen LogP contribution in [0.5, 0.6) is 0 Å². The van der Waals surface area contributed by atoms with E-state index in [2.05, 4.69) is 23.2 Å². The molecular weight excluding hydrogens is 206 g/mol. The quantitative estimate of drug-likeness (QED) is 0.756. The van der Waals surface area contributed by atoms with Crippen LogP contribution in [-0.2, 0) is 6.54 Å². The molecule has 0 aliphatic rings. The molecule has 3 heteroatoms. The van der Waals surface area contributed by atoms with Gasteiger partial charge in [-0.3, -0.25) is 0 Å². The molecule has 0 aliphatic heterocycles. The smallest absolute Gasteiger partial charge is 0.0827 e. The first kappa shape index (κ1) is 12.7. The van der Waals surface area contributed by atoms with Gasteiger partial charge in [0.2, 0.25) is 0 Å². The number of aryl methyl sites for hydroxylation is 1. The van der Waals surface area contributed by atoms with E-state index < -0.39 is 0 Å². The van der Waals surface area contributed by atoms with E-state index in [-0.39, 0.29) is 12.0 Å². The minimum atomic E-state index is -0.327. The third-order valence-corrected chi connectivity index (χ3v) is 3.21. The van der Waals surface area contributed by atoms with Crippen molar-refractivity contribution >= 4 is 11.8 Å². The van der Waals surface area contributed by atoms with Crippen molar-refractivity contribution in [2.75, 3.05) is 12.0 Å². The molecule has 0 aliphatic carbocycles. The number of hydrogen-bond acceptors (Lipinski definition) is 2. The number of nitrogens with zero attached hydrogens (tertiary/aromatic N) is 1. The second kappa shape index (κ2) is 6.23. The van der Waals surface area contributed by atoms with Gasteiger partial charge in [0.15, 0.2) is 0 Å². The summed E-state index contributed by atoms with van der Waals surface area (Å²) in [5, 5.41) is 9.87. The molecule has 0 saturated heterocycles. The van der Waals surface area contributed by atoms with Gasteiger partial charge in [0.05, 0.1) is 6.10 Å². The molecule has 0 saturated carbocycles. The van der Waals surface area contributed by atoms with Gasteiger partial charge in [-0.15, -0.1) is 0 Å². The highest BCUT2D eigenvalue weighted by atomic mass is 32.2. The van der Waals surface area contributed by atoms with E-state index in [9.17, 15) is 5.11 Å². The van der Waals surface area contributed by atoms with Crippen molar-refractivity contribution in [1.82, 2.24) is 4.57 Å². The maximum atomic E-state index is 9.87. The molecule has 1 aromatic rings. The van der Waals surface area contributed by atoms with Gasteiger partial charge in [-0.25, -0.2) is 0 Å². The lowest BCUT2D eigenvalue weighted by molar-refractivity contribution is 0.127. The zero-order valence-electron chi connectivity index (χ0n) is 9.81. The third kappa shape index (κ3) is 3.92. The van der Waals surface area contributed by atoms with E-state index in [1.165, 1.54) is 12.2 Å². The summed E-state index contributed by atoms with van der Waals surface area (Å²) in [6.45, 7) is 5.12. The van der Waals surface area contributed by atoms with E-state index >= 15 is 0 Å². The fraction of sp³-hybridized carbons (Fsp3) is 0.667. The van der Waals surface area contributed by atoms with Gasteiger partial charge < -0.3 is 9.67 Å². The summed E-state index contributed by atoms with van der Waals surface area (Å²) in [4.78, 5) is 0. The molecule has 1 rings (SSSR count). The minimum Gasteiger partial charge on any atom is -0.388 e. The zero-order valence-corrected chi connectivity index (χ0v) is 10.6. The van der Waals surface area contributed by atoms with Crippen LogP contribution in [0.25, 0.3) is 0 Å². The molecule has 1 heterocycles. The summed E-state index contributed by atoms with van der Waals surface area (Å²) in [5.74, 6) is 1.48. The normalized spacial score (nSPS) is 13.4. The van der Waals surface area contributed by atoms with Crippen molar-refractivity contribution in [3.63, 3.8) is 0 Å². The Kier molecular flexibility index (Phi) is 5.26. The van der Waals surface area contributed by atoms with Crippen molar-refractivity contribution in [3.05, 3.63) is 24.0 Å². The van der Waals surface area contributed by atoms with E-state index in [1.807, 2.05) is 31.7 Å². The Morgan fingerprint density at radius 2 is 2.20 bits per heavy atom. The van der Waals surface area contributed by atoms with Crippen LogP contribution in [-0.4, -0.2) is 21.7 Å². The van der Waals surface area contributed by atoms with Crippen LogP contribution >= 0.6 is 11.8 Å². The molecule has 0 radical (unpaired) electrons. The molecule has 0 aromatic carbocycles. The highest BCUT2D eigenvalue weighted by Gasteiger charge is 2.12. The third-order valence-electron chi connectivity index (χ3n) is 2.51. The summed E-state index contributed by atoms with van der Waals surface area (Å²) in [6, 6.07) is 2.02. The molecule has 1 aromatic heterocycles. The Balaban J connectivity index is 2.48. The molecular formula is C12H21NOS.